The number of anilines is 1. The van der Waals surface area contributed by atoms with Gasteiger partial charge in [0.2, 0.25) is 6.79 Å². The first-order chi connectivity index (χ1) is 13.6. The molecule has 1 aliphatic heterocycles. The van der Waals surface area contributed by atoms with E-state index in [1.165, 1.54) is 6.92 Å². The number of amides is 1. The molecule has 8 heteroatoms. The molecule has 0 unspecified atom stereocenters. The van der Waals surface area contributed by atoms with E-state index in [0.717, 1.165) is 15.2 Å². The van der Waals surface area contributed by atoms with Gasteiger partial charge in [-0.2, -0.15) is 0 Å². The van der Waals surface area contributed by atoms with Crippen LogP contribution in [-0.2, 0) is 20.7 Å². The van der Waals surface area contributed by atoms with Gasteiger partial charge in [-0.1, -0.05) is 12.1 Å². The van der Waals surface area contributed by atoms with Gasteiger partial charge in [-0.05, 0) is 31.2 Å². The largest absolute Gasteiger partial charge is 0.454 e. The summed E-state index contributed by atoms with van der Waals surface area (Å²) in [7, 11) is 0. The van der Waals surface area contributed by atoms with Crippen molar-refractivity contribution in [2.75, 3.05) is 12.1 Å². The predicted octanol–water partition coefficient (Wildman–Crippen LogP) is 3.53. The van der Waals surface area contributed by atoms with Gasteiger partial charge in [0, 0.05) is 18.2 Å². The van der Waals surface area contributed by atoms with Crippen LogP contribution in [0.3, 0.4) is 0 Å². The van der Waals surface area contributed by atoms with Crippen LogP contribution in [0.25, 0.3) is 10.2 Å². The van der Waals surface area contributed by atoms with Crippen molar-refractivity contribution >= 4 is 39.1 Å². The maximum absolute atomic E-state index is 12.3. The van der Waals surface area contributed by atoms with Crippen LogP contribution in [0.5, 0.6) is 11.5 Å². The van der Waals surface area contributed by atoms with Gasteiger partial charge >= 0.3 is 5.97 Å². The molecule has 0 spiro atoms. The average Bonchev–Trinajstić information content (AvgIpc) is 3.32. The molecule has 3 aromatic rings. The summed E-state index contributed by atoms with van der Waals surface area (Å²) in [4.78, 5) is 28.9. The molecule has 0 bridgehead atoms. The SMILES string of the molecule is C[C@@H](OC(=O)CCc1nc2ccccc2s1)C(=O)Nc1ccc2c(c1)OCO2. The van der Waals surface area contributed by atoms with Crippen LogP contribution >= 0.6 is 11.3 Å². The summed E-state index contributed by atoms with van der Waals surface area (Å²) in [6, 6.07) is 12.9. The number of ether oxygens (including phenoxy) is 3. The van der Waals surface area contributed by atoms with Gasteiger partial charge in [0.25, 0.3) is 5.91 Å². The average molecular weight is 398 g/mol. The van der Waals surface area contributed by atoms with Gasteiger partial charge in [-0.3, -0.25) is 9.59 Å². The number of rotatable bonds is 6. The zero-order valence-electron chi connectivity index (χ0n) is 15.1. The molecule has 1 atom stereocenters. The van der Waals surface area contributed by atoms with E-state index in [0.29, 0.717) is 23.6 Å². The van der Waals surface area contributed by atoms with Crippen molar-refractivity contribution in [1.82, 2.24) is 4.98 Å². The van der Waals surface area contributed by atoms with E-state index in [-0.39, 0.29) is 13.2 Å². The number of nitrogens with one attached hydrogen (secondary N) is 1. The number of nitrogens with zero attached hydrogens (tertiary/aromatic N) is 1. The van der Waals surface area contributed by atoms with Crippen molar-refractivity contribution in [3.63, 3.8) is 0 Å². The lowest BCUT2D eigenvalue weighted by molar-refractivity contribution is -0.153. The fraction of sp³-hybridized carbons (Fsp3) is 0.250. The highest BCUT2D eigenvalue weighted by molar-refractivity contribution is 7.18. The van der Waals surface area contributed by atoms with Gasteiger partial charge in [0.15, 0.2) is 17.6 Å². The van der Waals surface area contributed by atoms with E-state index in [4.69, 9.17) is 14.2 Å². The third-order valence-electron chi connectivity index (χ3n) is 4.20. The molecule has 1 aromatic heterocycles. The van der Waals surface area contributed by atoms with E-state index in [9.17, 15) is 9.59 Å². The van der Waals surface area contributed by atoms with Gasteiger partial charge < -0.3 is 19.5 Å². The van der Waals surface area contributed by atoms with Gasteiger partial charge in [0.05, 0.1) is 21.6 Å². The Morgan fingerprint density at radius 2 is 2.04 bits per heavy atom. The lowest BCUT2D eigenvalue weighted by atomic mass is 10.2. The summed E-state index contributed by atoms with van der Waals surface area (Å²) in [6.45, 7) is 1.70. The van der Waals surface area contributed by atoms with E-state index < -0.39 is 18.0 Å². The van der Waals surface area contributed by atoms with Crippen LogP contribution in [0.1, 0.15) is 18.4 Å². The number of aryl methyl sites for hydroxylation is 1. The first-order valence-electron chi connectivity index (χ1n) is 8.83. The Morgan fingerprint density at radius 3 is 2.89 bits per heavy atom. The number of thiazole rings is 1. The Labute approximate surface area is 165 Å². The Bertz CT molecular complexity index is 999. The molecule has 0 fully saturated rings. The van der Waals surface area contributed by atoms with Crippen molar-refractivity contribution in [3.05, 3.63) is 47.5 Å². The summed E-state index contributed by atoms with van der Waals surface area (Å²) >= 11 is 1.56. The molecule has 0 saturated heterocycles. The predicted molar refractivity (Wildman–Crippen MR) is 105 cm³/mol. The number of carbonyl (C=O) groups excluding carboxylic acids is 2. The smallest absolute Gasteiger partial charge is 0.306 e. The molecule has 2 heterocycles. The zero-order valence-corrected chi connectivity index (χ0v) is 16.0. The van der Waals surface area contributed by atoms with Crippen molar-refractivity contribution in [2.45, 2.75) is 25.9 Å². The summed E-state index contributed by atoms with van der Waals surface area (Å²) in [6.07, 6.45) is -0.260. The van der Waals surface area contributed by atoms with Crippen LogP contribution in [0.15, 0.2) is 42.5 Å². The first kappa shape index (κ1) is 18.2. The molecule has 0 saturated carbocycles. The molecule has 28 heavy (non-hydrogen) atoms. The van der Waals surface area contributed by atoms with Gasteiger partial charge in [-0.25, -0.2) is 4.98 Å². The number of para-hydroxylation sites is 1. The van der Waals surface area contributed by atoms with E-state index in [2.05, 4.69) is 10.3 Å². The number of esters is 1. The molecule has 7 nitrogen and oxygen atoms in total. The summed E-state index contributed by atoms with van der Waals surface area (Å²) < 4.78 is 16.8. The Morgan fingerprint density at radius 1 is 1.21 bits per heavy atom. The first-order valence-corrected chi connectivity index (χ1v) is 9.64. The topological polar surface area (TPSA) is 86.8 Å². The monoisotopic (exact) mass is 398 g/mol. The molecule has 0 radical (unpaired) electrons. The van der Waals surface area contributed by atoms with Crippen LogP contribution < -0.4 is 14.8 Å². The van der Waals surface area contributed by atoms with E-state index in [1.807, 2.05) is 24.3 Å². The Kier molecular flexibility index (Phi) is 5.12. The third-order valence-corrected chi connectivity index (χ3v) is 5.29. The highest BCUT2D eigenvalue weighted by atomic mass is 32.1. The second-order valence-electron chi connectivity index (χ2n) is 6.26. The number of aromatic nitrogens is 1. The van der Waals surface area contributed by atoms with Crippen molar-refractivity contribution < 1.29 is 23.8 Å². The standard InChI is InChI=1S/C20H18N2O5S/c1-12(20(24)21-13-6-7-15-16(10-13)26-11-25-15)27-19(23)9-8-18-22-14-4-2-3-5-17(14)28-18/h2-7,10,12H,8-9,11H2,1H3,(H,21,24)/t12-/m1/s1. The number of fused-ring (bicyclic) bond motifs is 2. The second kappa shape index (κ2) is 7.85. The van der Waals surface area contributed by atoms with E-state index >= 15 is 0 Å². The summed E-state index contributed by atoms with van der Waals surface area (Å²) in [5.74, 6) is 0.352. The lowest BCUT2D eigenvalue weighted by Gasteiger charge is -2.13. The number of carbonyl (C=O) groups is 2. The van der Waals surface area contributed by atoms with Crippen molar-refractivity contribution in [3.8, 4) is 11.5 Å². The Balaban J connectivity index is 1.28. The fourth-order valence-electron chi connectivity index (χ4n) is 2.76. The summed E-state index contributed by atoms with van der Waals surface area (Å²) in [5, 5.41) is 3.58. The summed E-state index contributed by atoms with van der Waals surface area (Å²) in [5.41, 5.74) is 1.47. The van der Waals surface area contributed by atoms with Crippen molar-refractivity contribution in [2.24, 2.45) is 0 Å². The lowest BCUT2D eigenvalue weighted by Crippen LogP contribution is -2.30. The number of hydrogen-bond donors (Lipinski definition) is 1. The minimum atomic E-state index is -0.909. The highest BCUT2D eigenvalue weighted by Gasteiger charge is 2.20. The molecule has 0 aliphatic carbocycles. The quantitative estimate of drug-likeness (QED) is 0.639. The second-order valence-corrected chi connectivity index (χ2v) is 7.38. The molecular formula is C20H18N2O5S. The van der Waals surface area contributed by atoms with E-state index in [1.54, 1.807) is 29.5 Å². The normalized spacial score (nSPS) is 13.3. The molecule has 1 aliphatic rings. The minimum Gasteiger partial charge on any atom is -0.454 e. The van der Waals surface area contributed by atoms with Crippen molar-refractivity contribution in [1.29, 1.82) is 0 Å². The minimum absolute atomic E-state index is 0.162. The van der Waals surface area contributed by atoms with Crippen LogP contribution in [0, 0.1) is 0 Å². The maximum Gasteiger partial charge on any atom is 0.306 e. The molecule has 4 rings (SSSR count). The number of hydrogen-bond acceptors (Lipinski definition) is 7. The van der Waals surface area contributed by atoms with Gasteiger partial charge in [0.1, 0.15) is 0 Å². The highest BCUT2D eigenvalue weighted by Crippen LogP contribution is 2.34. The molecule has 2 aromatic carbocycles. The van der Waals surface area contributed by atoms with Crippen LogP contribution in [0.4, 0.5) is 5.69 Å². The van der Waals surface area contributed by atoms with Crippen LogP contribution in [0.2, 0.25) is 0 Å². The zero-order chi connectivity index (χ0) is 19.5. The fourth-order valence-corrected chi connectivity index (χ4v) is 3.73. The van der Waals surface area contributed by atoms with Gasteiger partial charge in [-0.15, -0.1) is 11.3 Å². The molecule has 144 valence electrons. The molecular weight excluding hydrogens is 380 g/mol. The molecule has 1 amide bonds. The number of benzene rings is 2. The third kappa shape index (κ3) is 4.07. The maximum atomic E-state index is 12.3. The van der Waals surface area contributed by atoms with Crippen LogP contribution in [-0.4, -0.2) is 29.8 Å². The Hall–Kier alpha value is -3.13. The molecule has 1 N–H and O–H groups in total.